The minimum atomic E-state index is -0.390. The Hall–Kier alpha value is -2.67. The number of carbonyl (C=O) groups excluding carboxylic acids is 1. The molecular weight excluding hydrogens is 267 g/mol. The molecule has 3 nitrogen and oxygen atoms in total. The number of amides is 1. The molecule has 0 N–H and O–H groups in total. The molecule has 0 atom stereocenters. The van der Waals surface area contributed by atoms with Crippen molar-refractivity contribution in [3.8, 4) is 6.07 Å². The van der Waals surface area contributed by atoms with Crippen molar-refractivity contribution in [2.24, 2.45) is 0 Å². The Kier molecular flexibility index (Phi) is 5.05. The molecule has 2 aromatic carbocycles. The SMILES string of the molecule is N#CCCN(C(=O)Cc1ccccc1F)c1ccccc1. The standard InChI is InChI=1S/C17H15FN2O/c18-16-10-5-4-7-14(16)13-17(21)20(12-6-11-19)15-8-2-1-3-9-15/h1-5,7-10H,6,12-13H2. The van der Waals surface area contributed by atoms with E-state index in [1.54, 1.807) is 30.3 Å². The molecular formula is C17H15FN2O. The molecule has 2 rings (SSSR count). The lowest BCUT2D eigenvalue weighted by molar-refractivity contribution is -0.118. The van der Waals surface area contributed by atoms with E-state index < -0.39 is 0 Å². The number of benzene rings is 2. The molecule has 0 saturated carbocycles. The quantitative estimate of drug-likeness (QED) is 0.844. The zero-order chi connectivity index (χ0) is 15.1. The summed E-state index contributed by atoms with van der Waals surface area (Å²) in [5.74, 6) is -0.610. The van der Waals surface area contributed by atoms with Crippen LogP contribution in [0.15, 0.2) is 54.6 Å². The van der Waals surface area contributed by atoms with Crippen LogP contribution in [0.5, 0.6) is 0 Å². The average molecular weight is 282 g/mol. The Morgan fingerprint density at radius 2 is 1.76 bits per heavy atom. The van der Waals surface area contributed by atoms with Crippen molar-refractivity contribution in [3.63, 3.8) is 0 Å². The molecule has 0 heterocycles. The van der Waals surface area contributed by atoms with E-state index in [9.17, 15) is 9.18 Å². The second-order valence-corrected chi connectivity index (χ2v) is 4.56. The number of nitriles is 1. The largest absolute Gasteiger partial charge is 0.311 e. The Morgan fingerprint density at radius 1 is 1.10 bits per heavy atom. The minimum Gasteiger partial charge on any atom is -0.311 e. The van der Waals surface area contributed by atoms with E-state index in [4.69, 9.17) is 5.26 Å². The van der Waals surface area contributed by atoms with Crippen LogP contribution in [0, 0.1) is 17.1 Å². The third kappa shape index (κ3) is 3.90. The molecule has 0 unspecified atom stereocenters. The molecule has 0 bridgehead atoms. The summed E-state index contributed by atoms with van der Waals surface area (Å²) in [5.41, 5.74) is 1.08. The van der Waals surface area contributed by atoms with Crippen LogP contribution < -0.4 is 4.90 Å². The normalized spacial score (nSPS) is 9.90. The highest BCUT2D eigenvalue weighted by molar-refractivity contribution is 5.94. The number of carbonyl (C=O) groups is 1. The van der Waals surface area contributed by atoms with Crippen LogP contribution >= 0.6 is 0 Å². The lowest BCUT2D eigenvalue weighted by Gasteiger charge is -2.22. The van der Waals surface area contributed by atoms with Gasteiger partial charge in [-0.25, -0.2) is 4.39 Å². The molecule has 4 heteroatoms. The Bertz CT molecular complexity index is 649. The first-order valence-corrected chi connectivity index (χ1v) is 6.68. The first-order chi connectivity index (χ1) is 10.2. The first-order valence-electron chi connectivity index (χ1n) is 6.68. The highest BCUT2D eigenvalue weighted by Gasteiger charge is 2.17. The van der Waals surface area contributed by atoms with E-state index in [-0.39, 0.29) is 24.6 Å². The van der Waals surface area contributed by atoms with E-state index in [0.29, 0.717) is 17.8 Å². The average Bonchev–Trinajstić information content (AvgIpc) is 2.51. The topological polar surface area (TPSA) is 44.1 Å². The Morgan fingerprint density at radius 3 is 2.43 bits per heavy atom. The predicted octanol–water partition coefficient (Wildman–Crippen LogP) is 3.32. The molecule has 0 radical (unpaired) electrons. The van der Waals surface area contributed by atoms with Crippen LogP contribution in [0.25, 0.3) is 0 Å². The second-order valence-electron chi connectivity index (χ2n) is 4.56. The van der Waals surface area contributed by atoms with Crippen LogP contribution in [-0.4, -0.2) is 12.5 Å². The lowest BCUT2D eigenvalue weighted by atomic mass is 10.1. The third-order valence-corrected chi connectivity index (χ3v) is 3.12. The van der Waals surface area contributed by atoms with E-state index in [0.717, 1.165) is 0 Å². The van der Waals surface area contributed by atoms with Gasteiger partial charge in [-0.2, -0.15) is 5.26 Å². The summed E-state index contributed by atoms with van der Waals surface area (Å²) in [4.78, 5) is 13.9. The van der Waals surface area contributed by atoms with Crippen LogP contribution in [0.3, 0.4) is 0 Å². The summed E-state index contributed by atoms with van der Waals surface area (Å²) >= 11 is 0. The zero-order valence-electron chi connectivity index (χ0n) is 11.5. The van der Waals surface area contributed by atoms with Gasteiger partial charge in [-0.3, -0.25) is 4.79 Å². The molecule has 0 spiro atoms. The molecule has 0 aliphatic rings. The van der Waals surface area contributed by atoms with Gasteiger partial charge in [0.25, 0.3) is 0 Å². The molecule has 1 amide bonds. The number of halogens is 1. The molecule has 21 heavy (non-hydrogen) atoms. The number of anilines is 1. The highest BCUT2D eigenvalue weighted by atomic mass is 19.1. The van der Waals surface area contributed by atoms with Gasteiger partial charge in [-0.1, -0.05) is 36.4 Å². The molecule has 0 aliphatic heterocycles. The van der Waals surface area contributed by atoms with Gasteiger partial charge < -0.3 is 4.90 Å². The summed E-state index contributed by atoms with van der Waals surface area (Å²) in [7, 11) is 0. The smallest absolute Gasteiger partial charge is 0.231 e. The molecule has 0 fully saturated rings. The third-order valence-electron chi connectivity index (χ3n) is 3.12. The number of para-hydroxylation sites is 1. The van der Waals surface area contributed by atoms with Crippen molar-refractivity contribution in [3.05, 3.63) is 66.0 Å². The summed E-state index contributed by atoms with van der Waals surface area (Å²) in [6, 6.07) is 17.4. The second kappa shape index (κ2) is 7.20. The van der Waals surface area contributed by atoms with Gasteiger partial charge in [-0.05, 0) is 23.8 Å². The van der Waals surface area contributed by atoms with Crippen molar-refractivity contribution in [1.82, 2.24) is 0 Å². The Balaban J connectivity index is 2.19. The minimum absolute atomic E-state index is 0.0208. The van der Waals surface area contributed by atoms with E-state index >= 15 is 0 Å². The monoisotopic (exact) mass is 282 g/mol. The number of hydrogen-bond donors (Lipinski definition) is 0. The summed E-state index contributed by atoms with van der Waals surface area (Å²) < 4.78 is 13.6. The van der Waals surface area contributed by atoms with Crippen molar-refractivity contribution >= 4 is 11.6 Å². The van der Waals surface area contributed by atoms with E-state index in [2.05, 4.69) is 0 Å². The van der Waals surface area contributed by atoms with Crippen LogP contribution in [0.2, 0.25) is 0 Å². The number of rotatable bonds is 5. The van der Waals surface area contributed by atoms with Crippen molar-refractivity contribution in [2.45, 2.75) is 12.8 Å². The van der Waals surface area contributed by atoms with Crippen molar-refractivity contribution < 1.29 is 9.18 Å². The first kappa shape index (κ1) is 14.7. The van der Waals surface area contributed by atoms with E-state index in [1.807, 2.05) is 24.3 Å². The maximum atomic E-state index is 13.6. The van der Waals surface area contributed by atoms with E-state index in [1.165, 1.54) is 11.0 Å². The molecule has 0 aromatic heterocycles. The van der Waals surface area contributed by atoms with Gasteiger partial charge >= 0.3 is 0 Å². The Labute approximate surface area is 123 Å². The molecule has 2 aromatic rings. The fourth-order valence-electron chi connectivity index (χ4n) is 2.07. The summed E-state index contributed by atoms with van der Waals surface area (Å²) in [5, 5.41) is 8.73. The van der Waals surface area contributed by atoms with Gasteiger partial charge in [0.1, 0.15) is 5.82 Å². The summed E-state index contributed by atoms with van der Waals surface area (Å²) in [6.45, 7) is 0.299. The zero-order valence-corrected chi connectivity index (χ0v) is 11.5. The van der Waals surface area contributed by atoms with Gasteiger partial charge in [0, 0.05) is 12.2 Å². The predicted molar refractivity (Wildman–Crippen MR) is 79.1 cm³/mol. The highest BCUT2D eigenvalue weighted by Crippen LogP contribution is 2.16. The van der Waals surface area contributed by atoms with Crippen LogP contribution in [0.1, 0.15) is 12.0 Å². The molecule has 0 saturated heterocycles. The fourth-order valence-corrected chi connectivity index (χ4v) is 2.07. The maximum Gasteiger partial charge on any atom is 0.231 e. The fraction of sp³-hybridized carbons (Fsp3) is 0.176. The lowest BCUT2D eigenvalue weighted by Crippen LogP contribution is -2.33. The van der Waals surface area contributed by atoms with Gasteiger partial charge in [-0.15, -0.1) is 0 Å². The maximum absolute atomic E-state index is 13.6. The number of nitrogens with zero attached hydrogens (tertiary/aromatic N) is 2. The summed E-state index contributed by atoms with van der Waals surface area (Å²) in [6.07, 6.45) is 0.213. The van der Waals surface area contributed by atoms with Gasteiger partial charge in [0.15, 0.2) is 0 Å². The van der Waals surface area contributed by atoms with Crippen molar-refractivity contribution in [1.29, 1.82) is 5.26 Å². The van der Waals surface area contributed by atoms with Crippen LogP contribution in [-0.2, 0) is 11.2 Å². The van der Waals surface area contributed by atoms with Gasteiger partial charge in [0.2, 0.25) is 5.91 Å². The van der Waals surface area contributed by atoms with Gasteiger partial charge in [0.05, 0.1) is 18.9 Å². The van der Waals surface area contributed by atoms with Crippen molar-refractivity contribution in [2.75, 3.05) is 11.4 Å². The van der Waals surface area contributed by atoms with Crippen LogP contribution in [0.4, 0.5) is 10.1 Å². The number of hydrogen-bond acceptors (Lipinski definition) is 2. The molecule has 106 valence electrons. The molecule has 0 aliphatic carbocycles.